The van der Waals surface area contributed by atoms with Crippen molar-refractivity contribution in [3.63, 3.8) is 0 Å². The van der Waals surface area contributed by atoms with Gasteiger partial charge < -0.3 is 24.2 Å². The van der Waals surface area contributed by atoms with Crippen molar-refractivity contribution in [1.82, 2.24) is 4.57 Å². The van der Waals surface area contributed by atoms with Gasteiger partial charge in [-0.3, -0.25) is 0 Å². The molecule has 1 aliphatic rings. The van der Waals surface area contributed by atoms with E-state index in [1.54, 1.807) is 6.07 Å². The third-order valence-electron chi connectivity index (χ3n) is 11.2. The number of ether oxygens (including phenoxy) is 1. The zero-order valence-electron chi connectivity index (χ0n) is 32.0. The monoisotopic (exact) mass is 759 g/mol. The second-order valence-corrected chi connectivity index (χ2v) is 14.8. The molecular weight excluding hydrogens is 723 g/mol. The molecule has 0 saturated carbocycles. The largest absolute Gasteiger partial charge is 0.508 e. The molecule has 0 aliphatic carbocycles. The van der Waals surface area contributed by atoms with Gasteiger partial charge in [0.2, 0.25) is 0 Å². The van der Waals surface area contributed by atoms with Gasteiger partial charge in [-0.2, -0.15) is 0 Å². The highest BCUT2D eigenvalue weighted by Gasteiger charge is 2.27. The van der Waals surface area contributed by atoms with E-state index in [1.807, 2.05) is 48.5 Å². The molecule has 1 aromatic heterocycles. The first-order valence-corrected chi connectivity index (χ1v) is 19.8. The predicted octanol–water partition coefficient (Wildman–Crippen LogP) is 14.9. The fourth-order valence-electron chi connectivity index (χ4n) is 8.47. The molecule has 0 amide bonds. The van der Waals surface area contributed by atoms with Gasteiger partial charge in [0.05, 0.1) is 22.4 Å². The second-order valence-electron chi connectivity index (χ2n) is 14.8. The Balaban J connectivity index is 1.01. The zero-order valence-corrected chi connectivity index (χ0v) is 32.0. The smallest absolute Gasteiger partial charge is 0.153 e. The average Bonchev–Trinajstić information content (AvgIpc) is 3.62. The van der Waals surface area contributed by atoms with E-state index >= 15 is 0 Å². The number of benzene rings is 9. The molecule has 0 atom stereocenters. The molecule has 0 fully saturated rings. The Morgan fingerprint density at radius 2 is 0.881 bits per heavy atom. The summed E-state index contributed by atoms with van der Waals surface area (Å²) in [5.74, 6) is 1.84. The molecule has 0 radical (unpaired) electrons. The van der Waals surface area contributed by atoms with Crippen molar-refractivity contribution in [2.75, 3.05) is 9.80 Å². The number of para-hydroxylation sites is 4. The van der Waals surface area contributed by atoms with E-state index in [-0.39, 0.29) is 5.75 Å². The topological polar surface area (TPSA) is 40.9 Å². The minimum Gasteiger partial charge on any atom is -0.508 e. The zero-order chi connectivity index (χ0) is 39.3. The molecule has 0 bridgehead atoms. The number of hydrogen-bond acceptors (Lipinski definition) is 4. The molecule has 1 N–H and O–H groups in total. The molecule has 0 spiro atoms. The van der Waals surface area contributed by atoms with Gasteiger partial charge in [-0.15, -0.1) is 0 Å². The number of anilines is 6. The molecule has 9 aromatic carbocycles. The normalized spacial score (nSPS) is 11.9. The number of rotatable bonds is 7. The summed E-state index contributed by atoms with van der Waals surface area (Å²) in [6, 6.07) is 75.7. The van der Waals surface area contributed by atoms with E-state index in [0.717, 1.165) is 89.8 Å². The molecule has 280 valence electrons. The summed E-state index contributed by atoms with van der Waals surface area (Å²) in [7, 11) is 0. The van der Waals surface area contributed by atoms with Crippen LogP contribution in [0.15, 0.2) is 218 Å². The van der Waals surface area contributed by atoms with Gasteiger partial charge in [0.25, 0.3) is 0 Å². The van der Waals surface area contributed by atoms with Crippen molar-refractivity contribution in [1.29, 1.82) is 0 Å². The van der Waals surface area contributed by atoms with Crippen molar-refractivity contribution in [2.45, 2.75) is 0 Å². The summed E-state index contributed by atoms with van der Waals surface area (Å²) < 4.78 is 8.92. The van der Waals surface area contributed by atoms with Crippen LogP contribution >= 0.6 is 0 Å². The molecule has 0 unspecified atom stereocenters. The molecule has 1 aliphatic heterocycles. The van der Waals surface area contributed by atoms with E-state index in [0.29, 0.717) is 0 Å². The summed E-state index contributed by atoms with van der Waals surface area (Å²) in [5.41, 5.74) is 13.8. The first kappa shape index (κ1) is 34.2. The van der Waals surface area contributed by atoms with Gasteiger partial charge >= 0.3 is 0 Å². The minimum absolute atomic E-state index is 0.251. The van der Waals surface area contributed by atoms with Crippen LogP contribution in [0, 0.1) is 0 Å². The van der Waals surface area contributed by atoms with Crippen LogP contribution < -0.4 is 14.5 Å². The molecule has 0 saturated heterocycles. The van der Waals surface area contributed by atoms with Crippen molar-refractivity contribution in [2.24, 2.45) is 0 Å². The predicted molar refractivity (Wildman–Crippen MR) is 243 cm³/mol. The highest BCUT2D eigenvalue weighted by molar-refractivity contribution is 6.11. The first-order chi connectivity index (χ1) is 29.2. The summed E-state index contributed by atoms with van der Waals surface area (Å²) >= 11 is 0. The molecule has 10 aromatic rings. The molecular formula is C54H37N3O2. The Hall–Kier alpha value is -8.02. The summed E-state index contributed by atoms with van der Waals surface area (Å²) in [4.78, 5) is 4.55. The standard InChI is InChI=1S/C54H37N3O2/c58-46-30-33-50-48(36-46)47-34-40(24-31-49(47)56(50)41-14-6-2-7-15-41)39-22-27-44(28-23-39)55(43-25-20-38(21-26-43)37-12-4-1-5-13-37)45-29-32-52-54(35-45)59-53-19-11-10-18-51(53)57(52)42-16-8-3-9-17-42/h1-36,58H. The van der Waals surface area contributed by atoms with Gasteiger partial charge in [0.15, 0.2) is 11.5 Å². The fraction of sp³-hybridized carbons (Fsp3) is 0. The number of fused-ring (bicyclic) bond motifs is 5. The number of aromatic nitrogens is 1. The lowest BCUT2D eigenvalue weighted by atomic mass is 10.0. The van der Waals surface area contributed by atoms with Crippen LogP contribution in [0.2, 0.25) is 0 Å². The van der Waals surface area contributed by atoms with Crippen LogP contribution in [0.4, 0.5) is 34.1 Å². The fourth-order valence-corrected chi connectivity index (χ4v) is 8.47. The van der Waals surface area contributed by atoms with Crippen molar-refractivity contribution in [3.05, 3.63) is 218 Å². The summed E-state index contributed by atoms with van der Waals surface area (Å²) in [5, 5.41) is 12.6. The summed E-state index contributed by atoms with van der Waals surface area (Å²) in [6.45, 7) is 0. The maximum absolute atomic E-state index is 10.5. The van der Waals surface area contributed by atoms with E-state index in [9.17, 15) is 5.11 Å². The van der Waals surface area contributed by atoms with E-state index in [1.165, 1.54) is 5.56 Å². The minimum atomic E-state index is 0.251. The number of hydrogen-bond donors (Lipinski definition) is 1. The Kier molecular flexibility index (Phi) is 8.23. The van der Waals surface area contributed by atoms with E-state index < -0.39 is 0 Å². The molecule has 5 nitrogen and oxygen atoms in total. The van der Waals surface area contributed by atoms with Crippen molar-refractivity contribution < 1.29 is 9.84 Å². The SMILES string of the molecule is Oc1ccc2c(c1)c1cc(-c3ccc(N(c4ccc(-c5ccccc5)cc4)c4ccc5c(c4)Oc4ccccc4N5c4ccccc4)cc3)ccc1n2-c1ccccc1. The number of phenols is 1. The Morgan fingerprint density at radius 3 is 1.58 bits per heavy atom. The van der Waals surface area contributed by atoms with Gasteiger partial charge in [-0.1, -0.05) is 109 Å². The quantitative estimate of drug-likeness (QED) is 0.176. The van der Waals surface area contributed by atoms with Gasteiger partial charge in [0, 0.05) is 45.3 Å². The van der Waals surface area contributed by atoms with Crippen LogP contribution in [-0.4, -0.2) is 9.67 Å². The van der Waals surface area contributed by atoms with Crippen molar-refractivity contribution in [3.8, 4) is 45.2 Å². The van der Waals surface area contributed by atoms with Gasteiger partial charge in [-0.05, 0) is 125 Å². The van der Waals surface area contributed by atoms with E-state index in [2.05, 4.69) is 178 Å². The lowest BCUT2D eigenvalue weighted by Gasteiger charge is -2.34. The Bertz CT molecular complexity index is 3120. The number of aromatic hydroxyl groups is 1. The highest BCUT2D eigenvalue weighted by atomic mass is 16.5. The van der Waals surface area contributed by atoms with E-state index in [4.69, 9.17) is 4.74 Å². The van der Waals surface area contributed by atoms with Gasteiger partial charge in [0.1, 0.15) is 5.75 Å². The third kappa shape index (κ3) is 6.04. The van der Waals surface area contributed by atoms with Crippen LogP contribution in [0.1, 0.15) is 0 Å². The highest BCUT2D eigenvalue weighted by Crippen LogP contribution is 2.52. The van der Waals surface area contributed by atoms with Crippen LogP contribution in [-0.2, 0) is 0 Å². The number of phenolic OH excluding ortho intramolecular Hbond substituents is 1. The lowest BCUT2D eigenvalue weighted by Crippen LogP contribution is -2.16. The number of nitrogens with zero attached hydrogens (tertiary/aromatic N) is 3. The Labute approximate surface area is 342 Å². The average molecular weight is 760 g/mol. The van der Waals surface area contributed by atoms with Crippen LogP contribution in [0.25, 0.3) is 49.7 Å². The second kappa shape index (κ2) is 14.2. The lowest BCUT2D eigenvalue weighted by molar-refractivity contribution is 0.476. The molecule has 2 heterocycles. The molecule has 59 heavy (non-hydrogen) atoms. The summed E-state index contributed by atoms with van der Waals surface area (Å²) in [6.07, 6.45) is 0. The Morgan fingerprint density at radius 1 is 0.373 bits per heavy atom. The first-order valence-electron chi connectivity index (χ1n) is 19.8. The van der Waals surface area contributed by atoms with Crippen LogP contribution in [0.3, 0.4) is 0 Å². The van der Waals surface area contributed by atoms with Crippen LogP contribution in [0.5, 0.6) is 17.2 Å². The molecule has 11 rings (SSSR count). The maximum atomic E-state index is 10.5. The maximum Gasteiger partial charge on any atom is 0.153 e. The van der Waals surface area contributed by atoms with Crippen molar-refractivity contribution >= 4 is 55.9 Å². The third-order valence-corrected chi connectivity index (χ3v) is 11.2. The molecule has 5 heteroatoms. The van der Waals surface area contributed by atoms with Gasteiger partial charge in [-0.25, -0.2) is 0 Å².